The number of hydrogen-bond donors (Lipinski definition) is 1. The van der Waals surface area contributed by atoms with Crippen molar-refractivity contribution in [3.63, 3.8) is 0 Å². The van der Waals surface area contributed by atoms with Crippen LogP contribution in [0.4, 0.5) is 0 Å². The molecule has 1 aliphatic carbocycles. The standard InChI is InChI=1S/C27H36N2O4S/c1-3-4-7-21(30)17-28(16-20-10-11-20)18-27(31)29-14-12-26-22(13-15-34-26)23(29)19-33-25-9-6-5-8-24(25)32-2/h3,5-6,8-9,13,15,20-21,23,30H,1,4,7,10-12,14,16-19H2,2H3/t21-,23+/m0/s1. The van der Waals surface area contributed by atoms with Crippen LogP contribution in [0.3, 0.4) is 0 Å². The number of carbonyl (C=O) groups excluding carboxylic acids is 1. The van der Waals surface area contributed by atoms with Crippen molar-refractivity contribution >= 4 is 17.2 Å². The van der Waals surface area contributed by atoms with E-state index in [-0.39, 0.29) is 11.9 Å². The van der Waals surface area contributed by atoms with Crippen molar-refractivity contribution in [1.82, 2.24) is 9.80 Å². The third-order valence-electron chi connectivity index (χ3n) is 6.63. The second-order valence-corrected chi connectivity index (χ2v) is 10.3. The molecule has 184 valence electrons. The molecule has 1 aromatic carbocycles. The summed E-state index contributed by atoms with van der Waals surface area (Å²) >= 11 is 1.75. The number of rotatable bonds is 13. The molecule has 1 fully saturated rings. The van der Waals surface area contributed by atoms with Crippen LogP contribution >= 0.6 is 11.3 Å². The van der Waals surface area contributed by atoms with E-state index in [4.69, 9.17) is 9.47 Å². The maximum absolute atomic E-state index is 13.6. The molecule has 1 amide bonds. The zero-order valence-corrected chi connectivity index (χ0v) is 20.8. The Hall–Kier alpha value is -2.35. The SMILES string of the molecule is C=CCC[C@H](O)CN(CC(=O)N1CCc2sccc2[C@H]1COc1ccccc1OC)CC1CC1. The summed E-state index contributed by atoms with van der Waals surface area (Å²) in [5.74, 6) is 2.11. The van der Waals surface area contributed by atoms with Crippen molar-refractivity contribution in [3.8, 4) is 11.5 Å². The fourth-order valence-corrected chi connectivity index (χ4v) is 5.56. The highest BCUT2D eigenvalue weighted by Gasteiger charge is 2.34. The van der Waals surface area contributed by atoms with Crippen molar-refractivity contribution in [3.05, 3.63) is 58.8 Å². The number of para-hydroxylation sites is 2. The first kappa shape index (κ1) is 24.8. The van der Waals surface area contributed by atoms with E-state index < -0.39 is 6.10 Å². The Morgan fingerprint density at radius 1 is 1.32 bits per heavy atom. The summed E-state index contributed by atoms with van der Waals surface area (Å²) in [4.78, 5) is 19.0. The van der Waals surface area contributed by atoms with Gasteiger partial charge in [0.25, 0.3) is 0 Å². The van der Waals surface area contributed by atoms with Gasteiger partial charge in [-0.15, -0.1) is 17.9 Å². The molecular formula is C27H36N2O4S. The highest BCUT2D eigenvalue weighted by Crippen LogP contribution is 2.35. The number of amides is 1. The molecule has 1 aliphatic heterocycles. The Kier molecular flexibility index (Phi) is 8.64. The van der Waals surface area contributed by atoms with Crippen LogP contribution in [0.25, 0.3) is 0 Å². The minimum atomic E-state index is -0.445. The van der Waals surface area contributed by atoms with E-state index in [0.29, 0.717) is 50.1 Å². The Balaban J connectivity index is 1.46. The quantitative estimate of drug-likeness (QED) is 0.430. The number of carbonyl (C=O) groups is 1. The second-order valence-electron chi connectivity index (χ2n) is 9.27. The number of aliphatic hydroxyl groups is 1. The zero-order valence-electron chi connectivity index (χ0n) is 20.0. The Morgan fingerprint density at radius 2 is 2.12 bits per heavy atom. The van der Waals surface area contributed by atoms with Crippen LogP contribution < -0.4 is 9.47 Å². The number of methoxy groups -OCH3 is 1. The molecule has 6 nitrogen and oxygen atoms in total. The molecule has 4 rings (SSSR count). The molecule has 7 heteroatoms. The van der Waals surface area contributed by atoms with Crippen LogP contribution in [-0.4, -0.2) is 66.8 Å². The smallest absolute Gasteiger partial charge is 0.237 e. The number of allylic oxidation sites excluding steroid dienone is 1. The van der Waals surface area contributed by atoms with Crippen LogP contribution in [-0.2, 0) is 11.2 Å². The fourth-order valence-electron chi connectivity index (χ4n) is 4.63. The van der Waals surface area contributed by atoms with Gasteiger partial charge in [-0.3, -0.25) is 9.69 Å². The zero-order chi connectivity index (χ0) is 23.9. The molecule has 34 heavy (non-hydrogen) atoms. The topological polar surface area (TPSA) is 62.2 Å². The number of hydrogen-bond acceptors (Lipinski definition) is 6. The first-order valence-corrected chi connectivity index (χ1v) is 13.1. The first-order valence-electron chi connectivity index (χ1n) is 12.2. The molecule has 2 heterocycles. The van der Waals surface area contributed by atoms with Crippen molar-refractivity contribution in [2.45, 2.75) is 44.2 Å². The van der Waals surface area contributed by atoms with Crippen molar-refractivity contribution < 1.29 is 19.4 Å². The molecule has 0 spiro atoms. The highest BCUT2D eigenvalue weighted by atomic mass is 32.1. The van der Waals surface area contributed by atoms with E-state index in [2.05, 4.69) is 22.9 Å². The van der Waals surface area contributed by atoms with Gasteiger partial charge in [0.1, 0.15) is 6.61 Å². The molecule has 1 aromatic heterocycles. The van der Waals surface area contributed by atoms with Gasteiger partial charge in [0.15, 0.2) is 11.5 Å². The predicted octanol–water partition coefficient (Wildman–Crippen LogP) is 4.30. The predicted molar refractivity (Wildman–Crippen MR) is 136 cm³/mol. The molecule has 1 saturated carbocycles. The number of ether oxygens (including phenoxy) is 2. The van der Waals surface area contributed by atoms with E-state index in [1.807, 2.05) is 35.2 Å². The Labute approximate surface area is 206 Å². The monoisotopic (exact) mass is 484 g/mol. The van der Waals surface area contributed by atoms with E-state index in [1.165, 1.54) is 23.3 Å². The van der Waals surface area contributed by atoms with Crippen molar-refractivity contribution in [2.75, 3.05) is 39.9 Å². The molecule has 1 N–H and O–H groups in total. The highest BCUT2D eigenvalue weighted by molar-refractivity contribution is 7.10. The molecule has 2 atom stereocenters. The lowest BCUT2D eigenvalue weighted by Crippen LogP contribution is -2.48. The molecule has 0 bridgehead atoms. The summed E-state index contributed by atoms with van der Waals surface area (Å²) in [6, 6.07) is 9.59. The summed E-state index contributed by atoms with van der Waals surface area (Å²) < 4.78 is 11.6. The van der Waals surface area contributed by atoms with Gasteiger partial charge in [0.05, 0.1) is 25.8 Å². The van der Waals surface area contributed by atoms with Crippen molar-refractivity contribution in [1.29, 1.82) is 0 Å². The van der Waals surface area contributed by atoms with Crippen LogP contribution in [0.5, 0.6) is 11.5 Å². The van der Waals surface area contributed by atoms with E-state index in [0.717, 1.165) is 19.4 Å². The van der Waals surface area contributed by atoms with Crippen LogP contribution in [0.15, 0.2) is 48.4 Å². The van der Waals surface area contributed by atoms with Gasteiger partial charge in [-0.05, 0) is 67.2 Å². The average molecular weight is 485 g/mol. The molecule has 2 aliphatic rings. The van der Waals surface area contributed by atoms with Gasteiger partial charge in [-0.1, -0.05) is 18.2 Å². The lowest BCUT2D eigenvalue weighted by atomic mass is 10.0. The number of fused-ring (bicyclic) bond motifs is 1. The summed E-state index contributed by atoms with van der Waals surface area (Å²) in [6.45, 7) is 6.53. The molecular weight excluding hydrogens is 448 g/mol. The molecule has 0 saturated heterocycles. The summed E-state index contributed by atoms with van der Waals surface area (Å²) in [6.07, 6.45) is 6.14. The van der Waals surface area contributed by atoms with Crippen LogP contribution in [0.2, 0.25) is 0 Å². The minimum Gasteiger partial charge on any atom is -0.493 e. The maximum atomic E-state index is 13.6. The van der Waals surface area contributed by atoms with Gasteiger partial charge in [-0.2, -0.15) is 0 Å². The number of nitrogens with zero attached hydrogens (tertiary/aromatic N) is 2. The second kappa shape index (κ2) is 11.9. The largest absolute Gasteiger partial charge is 0.493 e. The molecule has 0 radical (unpaired) electrons. The average Bonchev–Trinajstić information content (AvgIpc) is 3.52. The van der Waals surface area contributed by atoms with Crippen molar-refractivity contribution in [2.24, 2.45) is 5.92 Å². The van der Waals surface area contributed by atoms with Gasteiger partial charge < -0.3 is 19.5 Å². The van der Waals surface area contributed by atoms with E-state index in [9.17, 15) is 9.90 Å². The Morgan fingerprint density at radius 3 is 2.85 bits per heavy atom. The van der Waals surface area contributed by atoms with Gasteiger partial charge >= 0.3 is 0 Å². The summed E-state index contributed by atoms with van der Waals surface area (Å²) in [5, 5.41) is 12.6. The van der Waals surface area contributed by atoms with Crippen LogP contribution in [0, 0.1) is 5.92 Å². The summed E-state index contributed by atoms with van der Waals surface area (Å²) in [7, 11) is 1.63. The lowest BCUT2D eigenvalue weighted by Gasteiger charge is -2.37. The third kappa shape index (κ3) is 6.40. The molecule has 2 aromatic rings. The van der Waals surface area contributed by atoms with Gasteiger partial charge in [0, 0.05) is 24.5 Å². The van der Waals surface area contributed by atoms with E-state index in [1.54, 1.807) is 18.4 Å². The minimum absolute atomic E-state index is 0.0991. The summed E-state index contributed by atoms with van der Waals surface area (Å²) in [5.41, 5.74) is 1.18. The number of thiophene rings is 1. The normalized spacial score (nSPS) is 18.4. The number of benzene rings is 1. The third-order valence-corrected chi connectivity index (χ3v) is 7.62. The van der Waals surface area contributed by atoms with Gasteiger partial charge in [-0.25, -0.2) is 0 Å². The maximum Gasteiger partial charge on any atom is 0.237 e. The van der Waals surface area contributed by atoms with Gasteiger partial charge in [0.2, 0.25) is 5.91 Å². The Bertz CT molecular complexity index is 958. The van der Waals surface area contributed by atoms with E-state index >= 15 is 0 Å². The lowest BCUT2D eigenvalue weighted by molar-refractivity contribution is -0.136. The van der Waals surface area contributed by atoms with Crippen LogP contribution in [0.1, 0.15) is 42.2 Å². The first-order chi connectivity index (χ1) is 16.6. The number of aliphatic hydroxyl groups excluding tert-OH is 1. The molecule has 0 unspecified atom stereocenters. The fraction of sp³-hybridized carbons (Fsp3) is 0.519.